The number of amides is 1. The molecule has 4 aromatic rings. The van der Waals surface area contributed by atoms with Crippen LogP contribution in [0.1, 0.15) is 35.8 Å². The van der Waals surface area contributed by atoms with Crippen molar-refractivity contribution in [1.29, 1.82) is 0 Å². The normalized spacial score (nSPS) is 17.4. The maximum atomic E-state index is 13.2. The molecule has 0 saturated heterocycles. The van der Waals surface area contributed by atoms with Crippen LogP contribution in [0.25, 0.3) is 22.3 Å². The van der Waals surface area contributed by atoms with Gasteiger partial charge in [0.05, 0.1) is 22.3 Å². The van der Waals surface area contributed by atoms with E-state index in [9.17, 15) is 9.59 Å². The van der Waals surface area contributed by atoms with Crippen molar-refractivity contribution in [2.24, 2.45) is 7.05 Å². The molecule has 188 valence electrons. The molecule has 10 nitrogen and oxygen atoms in total. The van der Waals surface area contributed by atoms with Gasteiger partial charge in [0.15, 0.2) is 0 Å². The fourth-order valence-electron chi connectivity index (χ4n) is 4.75. The lowest BCUT2D eigenvalue weighted by Crippen LogP contribution is -2.46. The van der Waals surface area contributed by atoms with E-state index in [0.717, 1.165) is 29.6 Å². The molecule has 3 N–H and O–H groups in total. The number of anilines is 2. The highest BCUT2D eigenvalue weighted by atomic mass is 16.2. The zero-order valence-corrected chi connectivity index (χ0v) is 21.3. The van der Waals surface area contributed by atoms with Crippen LogP contribution in [0.2, 0.25) is 0 Å². The maximum Gasteiger partial charge on any atom is 0.275 e. The molecule has 1 amide bonds. The van der Waals surface area contributed by atoms with E-state index in [1.165, 1.54) is 4.68 Å². The van der Waals surface area contributed by atoms with E-state index in [2.05, 4.69) is 50.8 Å². The summed E-state index contributed by atoms with van der Waals surface area (Å²) < 4.78 is 3.37. The third-order valence-electron chi connectivity index (χ3n) is 6.93. The number of carbonyl (C=O) groups excluding carboxylic acids is 1. The maximum absolute atomic E-state index is 13.2. The second-order valence-electron chi connectivity index (χ2n) is 9.70. The summed E-state index contributed by atoms with van der Waals surface area (Å²) in [7, 11) is 5.88. The summed E-state index contributed by atoms with van der Waals surface area (Å²) in [6.45, 7) is 4.48. The molecule has 0 unspecified atom stereocenters. The molecule has 0 bridgehead atoms. The van der Waals surface area contributed by atoms with E-state index < -0.39 is 0 Å². The molecule has 10 heteroatoms. The Hall–Kier alpha value is -3.92. The fourth-order valence-corrected chi connectivity index (χ4v) is 4.75. The number of pyridine rings is 1. The molecular weight excluding hydrogens is 456 g/mol. The first-order valence-corrected chi connectivity index (χ1v) is 12.2. The van der Waals surface area contributed by atoms with Crippen molar-refractivity contribution in [1.82, 2.24) is 29.2 Å². The monoisotopic (exact) mass is 488 g/mol. The highest BCUT2D eigenvalue weighted by molar-refractivity contribution is 6.04. The van der Waals surface area contributed by atoms with Crippen molar-refractivity contribution in [2.75, 3.05) is 24.7 Å². The zero-order valence-electron chi connectivity index (χ0n) is 21.3. The van der Waals surface area contributed by atoms with Gasteiger partial charge in [-0.15, -0.1) is 0 Å². The van der Waals surface area contributed by atoms with E-state index >= 15 is 0 Å². The first-order valence-electron chi connectivity index (χ1n) is 12.2. The van der Waals surface area contributed by atoms with E-state index in [0.29, 0.717) is 47.1 Å². The van der Waals surface area contributed by atoms with Gasteiger partial charge in [-0.3, -0.25) is 24.6 Å². The Bertz CT molecular complexity index is 1490. The molecule has 1 aliphatic carbocycles. The number of hydrogen-bond donors (Lipinski definition) is 3. The lowest BCUT2D eigenvalue weighted by atomic mass is 9.86. The molecule has 0 atom stereocenters. The number of fused-ring (bicyclic) bond motifs is 1. The van der Waals surface area contributed by atoms with Gasteiger partial charge < -0.3 is 19.9 Å². The van der Waals surface area contributed by atoms with Crippen molar-refractivity contribution in [3.63, 3.8) is 0 Å². The summed E-state index contributed by atoms with van der Waals surface area (Å²) in [5.41, 5.74) is 4.57. The minimum Gasteiger partial charge on any atom is -0.382 e. The molecule has 1 aliphatic rings. The molecule has 1 aromatic carbocycles. The predicted octanol–water partition coefficient (Wildman–Crippen LogP) is 3.21. The molecule has 0 spiro atoms. The van der Waals surface area contributed by atoms with Gasteiger partial charge >= 0.3 is 0 Å². The van der Waals surface area contributed by atoms with Gasteiger partial charge in [-0.05, 0) is 71.1 Å². The van der Waals surface area contributed by atoms with Crippen LogP contribution in [0, 0.1) is 6.92 Å². The van der Waals surface area contributed by atoms with E-state index in [4.69, 9.17) is 0 Å². The molecule has 0 radical (unpaired) electrons. The Morgan fingerprint density at radius 3 is 2.64 bits per heavy atom. The number of benzene rings is 1. The molecule has 5 rings (SSSR count). The largest absolute Gasteiger partial charge is 0.382 e. The minimum absolute atomic E-state index is 0.198. The van der Waals surface area contributed by atoms with Crippen molar-refractivity contribution in [3.05, 3.63) is 58.1 Å². The Morgan fingerprint density at radius 2 is 1.97 bits per heavy atom. The van der Waals surface area contributed by atoms with E-state index in [-0.39, 0.29) is 11.5 Å². The van der Waals surface area contributed by atoms with Crippen LogP contribution < -0.4 is 16.2 Å². The number of carbonyl (C=O) groups is 1. The first-order chi connectivity index (χ1) is 17.2. The van der Waals surface area contributed by atoms with Crippen molar-refractivity contribution < 1.29 is 4.79 Å². The molecular formula is C26H32N8O2. The van der Waals surface area contributed by atoms with Crippen LogP contribution in [0.3, 0.4) is 0 Å². The molecule has 36 heavy (non-hydrogen) atoms. The number of aromatic amines is 1. The number of nitrogens with zero attached hydrogens (tertiary/aromatic N) is 5. The molecule has 0 aliphatic heterocycles. The van der Waals surface area contributed by atoms with Gasteiger partial charge in [0.25, 0.3) is 11.5 Å². The van der Waals surface area contributed by atoms with Crippen LogP contribution >= 0.6 is 0 Å². The Morgan fingerprint density at radius 1 is 1.19 bits per heavy atom. The van der Waals surface area contributed by atoms with Gasteiger partial charge in [0, 0.05) is 48.8 Å². The van der Waals surface area contributed by atoms with Gasteiger partial charge in [-0.25, -0.2) is 4.98 Å². The predicted molar refractivity (Wildman–Crippen MR) is 141 cm³/mol. The van der Waals surface area contributed by atoms with Gasteiger partial charge in [-0.1, -0.05) is 0 Å². The van der Waals surface area contributed by atoms with Crippen LogP contribution in [0.15, 0.2) is 41.3 Å². The summed E-state index contributed by atoms with van der Waals surface area (Å²) in [5.74, 6) is 0.182. The highest BCUT2D eigenvalue weighted by Gasteiger charge is 2.30. The third-order valence-corrected chi connectivity index (χ3v) is 6.93. The summed E-state index contributed by atoms with van der Waals surface area (Å²) in [4.78, 5) is 37.0. The minimum atomic E-state index is -0.304. The number of nitrogens with one attached hydrogen (secondary N) is 3. The zero-order chi connectivity index (χ0) is 25.6. The lowest BCUT2D eigenvalue weighted by Gasteiger charge is -2.40. The van der Waals surface area contributed by atoms with Crippen molar-refractivity contribution >= 4 is 28.6 Å². The highest BCUT2D eigenvalue weighted by Crippen LogP contribution is 2.29. The van der Waals surface area contributed by atoms with Crippen LogP contribution in [-0.4, -0.2) is 61.3 Å². The second kappa shape index (κ2) is 9.27. The van der Waals surface area contributed by atoms with Gasteiger partial charge in [0.2, 0.25) is 5.95 Å². The first kappa shape index (κ1) is 23.8. The topological polar surface area (TPSA) is 113 Å². The molecule has 1 saturated carbocycles. The number of rotatable bonds is 7. The SMILES string of the molecule is CCn1c(NC(=O)c2cc(C)nc(-c3c[nH]n(C)c3=O)c2)nc2ccc(NC3CC(N(C)C)C3)cc21. The van der Waals surface area contributed by atoms with E-state index in [1.807, 2.05) is 23.6 Å². The van der Waals surface area contributed by atoms with E-state index in [1.54, 1.807) is 32.3 Å². The standard InChI is InChI=1S/C26H32N8O2/c1-6-34-23-13-17(29-18-11-19(12-18)32(3)4)7-8-21(23)30-26(34)31-24(35)16-9-15(2)28-22(10-16)20-14-27-33(5)25(20)36/h7-10,13-14,18-19,27,29H,6,11-12H2,1-5H3,(H,30,31,35). The Balaban J connectivity index is 1.39. The fraction of sp³-hybridized carbons (Fsp3) is 0.385. The molecule has 1 fully saturated rings. The van der Waals surface area contributed by atoms with Crippen molar-refractivity contribution in [2.45, 2.75) is 45.3 Å². The van der Waals surface area contributed by atoms with Crippen LogP contribution in [0.4, 0.5) is 11.6 Å². The van der Waals surface area contributed by atoms with Crippen LogP contribution in [0.5, 0.6) is 0 Å². The average molecular weight is 489 g/mol. The molecule has 3 aromatic heterocycles. The molecule has 3 heterocycles. The summed E-state index contributed by atoms with van der Waals surface area (Å²) >= 11 is 0. The Kier molecular flexibility index (Phi) is 6.13. The Labute approximate surface area is 209 Å². The lowest BCUT2D eigenvalue weighted by molar-refractivity contribution is 0.102. The van der Waals surface area contributed by atoms with Gasteiger partial charge in [-0.2, -0.15) is 0 Å². The van der Waals surface area contributed by atoms with Gasteiger partial charge in [0.1, 0.15) is 0 Å². The summed E-state index contributed by atoms with van der Waals surface area (Å²) in [6.07, 6.45) is 3.85. The smallest absolute Gasteiger partial charge is 0.275 e. The average Bonchev–Trinajstić information content (AvgIpc) is 3.33. The number of aromatic nitrogens is 5. The summed E-state index contributed by atoms with van der Waals surface area (Å²) in [6, 6.07) is 10.6. The quantitative estimate of drug-likeness (QED) is 0.368. The second-order valence-corrected chi connectivity index (χ2v) is 9.70. The van der Waals surface area contributed by atoms with Crippen molar-refractivity contribution in [3.8, 4) is 11.3 Å². The summed E-state index contributed by atoms with van der Waals surface area (Å²) in [5, 5.41) is 9.43. The number of imidazole rings is 1. The third kappa shape index (κ3) is 4.39. The van der Waals surface area contributed by atoms with Crippen LogP contribution in [-0.2, 0) is 13.6 Å². The number of hydrogen-bond acceptors (Lipinski definition) is 6. The number of aryl methyl sites for hydroxylation is 3. The number of H-pyrrole nitrogens is 1.